The van der Waals surface area contributed by atoms with Crippen molar-refractivity contribution in [3.8, 4) is 10.6 Å². The van der Waals surface area contributed by atoms with Crippen molar-refractivity contribution < 1.29 is 5.11 Å². The summed E-state index contributed by atoms with van der Waals surface area (Å²) in [5.74, 6) is 0. The fraction of sp³-hybridized carbons (Fsp3) is 0.357. The first-order chi connectivity index (χ1) is 8.38. The molecule has 0 amide bonds. The molecular formula is C14H18N2OS. The van der Waals surface area contributed by atoms with Gasteiger partial charge in [-0.25, -0.2) is 4.98 Å². The molecule has 2 aromatic rings. The minimum absolute atomic E-state index is 0.820. The van der Waals surface area contributed by atoms with Gasteiger partial charge in [-0.15, -0.1) is 11.3 Å². The number of nitrogens with zero attached hydrogens (tertiary/aromatic N) is 2. The molecule has 0 atom stereocenters. The van der Waals surface area contributed by atoms with Crippen molar-refractivity contribution in [2.45, 2.75) is 19.4 Å². The zero-order valence-electron chi connectivity index (χ0n) is 11.1. The van der Waals surface area contributed by atoms with Crippen molar-refractivity contribution in [2.24, 2.45) is 0 Å². The molecule has 1 aromatic heterocycles. The van der Waals surface area contributed by atoms with Crippen LogP contribution in [0.15, 0.2) is 30.5 Å². The zero-order valence-corrected chi connectivity index (χ0v) is 12.0. The topological polar surface area (TPSA) is 36.4 Å². The first-order valence-corrected chi connectivity index (χ1v) is 6.66. The summed E-state index contributed by atoms with van der Waals surface area (Å²) in [6.07, 6.45) is 1.75. The number of hydrogen-bond acceptors (Lipinski definition) is 4. The lowest BCUT2D eigenvalue weighted by molar-refractivity contribution is 0.0823. The van der Waals surface area contributed by atoms with Gasteiger partial charge in [-0.1, -0.05) is 0 Å². The van der Waals surface area contributed by atoms with Gasteiger partial charge in [0.2, 0.25) is 0 Å². The standard InChI is InChI=1S/C14H18N2OS/c1-14(2,17)12-9-15-13(18-12)10-5-7-11(8-6-10)16(3)4/h5-9,17H,1-4H3. The predicted molar refractivity (Wildman–Crippen MR) is 77.1 cm³/mol. The van der Waals surface area contributed by atoms with Crippen LogP contribution in [0.1, 0.15) is 18.7 Å². The van der Waals surface area contributed by atoms with Gasteiger partial charge >= 0.3 is 0 Å². The third kappa shape index (κ3) is 2.71. The number of aromatic nitrogens is 1. The Bertz CT molecular complexity index is 523. The Morgan fingerprint density at radius 2 is 1.78 bits per heavy atom. The second kappa shape index (κ2) is 4.71. The summed E-state index contributed by atoms with van der Waals surface area (Å²) in [6.45, 7) is 3.55. The van der Waals surface area contributed by atoms with E-state index in [0.717, 1.165) is 21.1 Å². The summed E-state index contributed by atoms with van der Waals surface area (Å²) in [6, 6.07) is 8.26. The van der Waals surface area contributed by atoms with Crippen molar-refractivity contribution in [1.82, 2.24) is 4.98 Å². The van der Waals surface area contributed by atoms with Gasteiger partial charge in [-0.3, -0.25) is 0 Å². The van der Waals surface area contributed by atoms with E-state index < -0.39 is 5.60 Å². The second-order valence-electron chi connectivity index (χ2n) is 5.03. The molecule has 0 unspecified atom stereocenters. The van der Waals surface area contributed by atoms with Crippen LogP contribution in [0.2, 0.25) is 0 Å². The number of anilines is 1. The molecule has 0 aliphatic carbocycles. The van der Waals surface area contributed by atoms with Crippen LogP contribution in [0.3, 0.4) is 0 Å². The van der Waals surface area contributed by atoms with Gasteiger partial charge in [0.1, 0.15) is 5.01 Å². The maximum absolute atomic E-state index is 9.93. The molecule has 3 nitrogen and oxygen atoms in total. The molecule has 0 fully saturated rings. The molecule has 2 rings (SSSR count). The average Bonchev–Trinajstić information content (AvgIpc) is 2.78. The Morgan fingerprint density at radius 3 is 2.22 bits per heavy atom. The third-order valence-corrected chi connectivity index (χ3v) is 4.10. The highest BCUT2D eigenvalue weighted by molar-refractivity contribution is 7.15. The lowest BCUT2D eigenvalue weighted by Gasteiger charge is -2.13. The minimum Gasteiger partial charge on any atom is -0.385 e. The van der Waals surface area contributed by atoms with E-state index in [0.29, 0.717) is 0 Å². The molecule has 1 N–H and O–H groups in total. The Balaban J connectivity index is 2.29. The molecule has 0 spiro atoms. The summed E-state index contributed by atoms with van der Waals surface area (Å²) < 4.78 is 0. The van der Waals surface area contributed by atoms with E-state index in [9.17, 15) is 5.11 Å². The maximum Gasteiger partial charge on any atom is 0.123 e. The Kier molecular flexibility index (Phi) is 3.41. The molecule has 0 saturated carbocycles. The van der Waals surface area contributed by atoms with Gasteiger partial charge in [0.15, 0.2) is 0 Å². The van der Waals surface area contributed by atoms with Crippen LogP contribution in [-0.2, 0) is 5.60 Å². The van der Waals surface area contributed by atoms with Crippen LogP contribution in [0, 0.1) is 0 Å². The fourth-order valence-electron chi connectivity index (χ4n) is 1.59. The number of thiazole rings is 1. The van der Waals surface area contributed by atoms with Crippen molar-refractivity contribution in [1.29, 1.82) is 0 Å². The molecule has 0 aliphatic heterocycles. The van der Waals surface area contributed by atoms with Gasteiger partial charge in [0.25, 0.3) is 0 Å². The quantitative estimate of drug-likeness (QED) is 0.923. The van der Waals surface area contributed by atoms with Gasteiger partial charge in [-0.05, 0) is 38.1 Å². The molecule has 1 heterocycles. The first-order valence-electron chi connectivity index (χ1n) is 5.84. The van der Waals surface area contributed by atoms with E-state index in [2.05, 4.69) is 34.1 Å². The van der Waals surface area contributed by atoms with E-state index in [-0.39, 0.29) is 0 Å². The van der Waals surface area contributed by atoms with Gasteiger partial charge < -0.3 is 10.0 Å². The molecule has 1 aromatic carbocycles. The van der Waals surface area contributed by atoms with Crippen molar-refractivity contribution in [2.75, 3.05) is 19.0 Å². The van der Waals surface area contributed by atoms with E-state index >= 15 is 0 Å². The number of aliphatic hydroxyl groups is 1. The fourth-order valence-corrected chi connectivity index (χ4v) is 2.52. The van der Waals surface area contributed by atoms with Gasteiger partial charge in [0, 0.05) is 31.5 Å². The van der Waals surface area contributed by atoms with Crippen LogP contribution in [0.5, 0.6) is 0 Å². The second-order valence-corrected chi connectivity index (χ2v) is 6.06. The molecule has 96 valence electrons. The number of rotatable bonds is 3. The normalized spacial score (nSPS) is 11.6. The maximum atomic E-state index is 9.93. The molecule has 18 heavy (non-hydrogen) atoms. The Hall–Kier alpha value is -1.39. The molecular weight excluding hydrogens is 244 g/mol. The molecule has 4 heteroatoms. The minimum atomic E-state index is -0.820. The first kappa shape index (κ1) is 13.1. The van der Waals surface area contributed by atoms with E-state index in [1.54, 1.807) is 20.0 Å². The van der Waals surface area contributed by atoms with Crippen molar-refractivity contribution in [3.05, 3.63) is 35.3 Å². The van der Waals surface area contributed by atoms with Crippen LogP contribution >= 0.6 is 11.3 Å². The summed E-state index contributed by atoms with van der Waals surface area (Å²) >= 11 is 1.53. The summed E-state index contributed by atoms with van der Waals surface area (Å²) in [5, 5.41) is 10.9. The Labute approximate surface area is 112 Å². The molecule has 0 radical (unpaired) electrons. The predicted octanol–water partition coefficient (Wildman–Crippen LogP) is 3.10. The van der Waals surface area contributed by atoms with Crippen molar-refractivity contribution in [3.63, 3.8) is 0 Å². The number of hydrogen-bond donors (Lipinski definition) is 1. The van der Waals surface area contributed by atoms with Crippen LogP contribution in [-0.4, -0.2) is 24.2 Å². The average molecular weight is 262 g/mol. The highest BCUT2D eigenvalue weighted by atomic mass is 32.1. The largest absolute Gasteiger partial charge is 0.385 e. The highest BCUT2D eigenvalue weighted by Crippen LogP contribution is 2.32. The van der Waals surface area contributed by atoms with E-state index in [4.69, 9.17) is 0 Å². The van der Waals surface area contributed by atoms with Crippen LogP contribution < -0.4 is 4.90 Å². The molecule has 0 saturated heterocycles. The van der Waals surface area contributed by atoms with Crippen LogP contribution in [0.25, 0.3) is 10.6 Å². The van der Waals surface area contributed by atoms with Gasteiger partial charge in [0.05, 0.1) is 10.5 Å². The molecule has 0 bridgehead atoms. The van der Waals surface area contributed by atoms with Crippen LogP contribution in [0.4, 0.5) is 5.69 Å². The number of benzene rings is 1. The summed E-state index contributed by atoms with van der Waals surface area (Å²) in [4.78, 5) is 7.32. The summed E-state index contributed by atoms with van der Waals surface area (Å²) in [5.41, 5.74) is 1.43. The monoisotopic (exact) mass is 262 g/mol. The molecule has 0 aliphatic rings. The summed E-state index contributed by atoms with van der Waals surface area (Å²) in [7, 11) is 4.04. The van der Waals surface area contributed by atoms with E-state index in [1.165, 1.54) is 11.3 Å². The van der Waals surface area contributed by atoms with E-state index in [1.807, 2.05) is 14.1 Å². The SMILES string of the molecule is CN(C)c1ccc(-c2ncc(C(C)(C)O)s2)cc1. The lowest BCUT2D eigenvalue weighted by Crippen LogP contribution is -2.12. The Morgan fingerprint density at radius 1 is 1.17 bits per heavy atom. The van der Waals surface area contributed by atoms with Crippen molar-refractivity contribution >= 4 is 17.0 Å². The smallest absolute Gasteiger partial charge is 0.123 e. The lowest BCUT2D eigenvalue weighted by atomic mass is 10.1. The third-order valence-electron chi connectivity index (χ3n) is 2.74. The zero-order chi connectivity index (χ0) is 13.3. The highest BCUT2D eigenvalue weighted by Gasteiger charge is 2.19. The van der Waals surface area contributed by atoms with Gasteiger partial charge in [-0.2, -0.15) is 0 Å².